The van der Waals surface area contributed by atoms with Crippen LogP contribution >= 0.6 is 0 Å². The topological polar surface area (TPSA) is 68.3 Å². The van der Waals surface area contributed by atoms with Crippen LogP contribution < -0.4 is 0 Å². The smallest absolute Gasteiger partial charge is 0.179 e. The molecule has 15 heavy (non-hydrogen) atoms. The van der Waals surface area contributed by atoms with Crippen molar-refractivity contribution in [3.8, 4) is 0 Å². The van der Waals surface area contributed by atoms with Crippen molar-refractivity contribution in [3.63, 3.8) is 0 Å². The molecule has 0 aliphatic heterocycles. The molecule has 4 nitrogen and oxygen atoms in total. The lowest BCUT2D eigenvalue weighted by atomic mass is 10.4. The van der Waals surface area contributed by atoms with Crippen molar-refractivity contribution in [3.05, 3.63) is 24.3 Å². The summed E-state index contributed by atoms with van der Waals surface area (Å²) in [5.41, 5.74) is 0. The van der Waals surface area contributed by atoms with Crippen molar-refractivity contribution in [2.45, 2.75) is 16.7 Å². The van der Waals surface area contributed by atoms with Crippen LogP contribution in [0.4, 0.5) is 0 Å². The van der Waals surface area contributed by atoms with E-state index in [1.807, 2.05) is 0 Å². The predicted molar refractivity (Wildman–Crippen MR) is 57.3 cm³/mol. The third-order valence-electron chi connectivity index (χ3n) is 1.96. The summed E-state index contributed by atoms with van der Waals surface area (Å²) in [7, 11) is -7.00. The molecule has 0 unspecified atom stereocenters. The van der Waals surface area contributed by atoms with Crippen molar-refractivity contribution >= 4 is 19.7 Å². The van der Waals surface area contributed by atoms with Gasteiger partial charge in [0, 0.05) is 6.26 Å². The van der Waals surface area contributed by atoms with Gasteiger partial charge >= 0.3 is 0 Å². The fourth-order valence-corrected chi connectivity index (χ4v) is 3.73. The van der Waals surface area contributed by atoms with E-state index in [9.17, 15) is 16.8 Å². The van der Waals surface area contributed by atoms with Crippen molar-refractivity contribution in [1.29, 1.82) is 0 Å². The van der Waals surface area contributed by atoms with Crippen molar-refractivity contribution in [2.75, 3.05) is 12.0 Å². The molecule has 0 amide bonds. The summed E-state index contributed by atoms with van der Waals surface area (Å²) in [6, 6.07) is 5.63. The molecule has 0 spiro atoms. The van der Waals surface area contributed by atoms with E-state index in [0.717, 1.165) is 6.26 Å². The minimum absolute atomic E-state index is 0.112. The summed E-state index contributed by atoms with van der Waals surface area (Å²) >= 11 is 0. The molecule has 84 valence electrons. The predicted octanol–water partition coefficient (Wildman–Crippen LogP) is 0.884. The summed E-state index contributed by atoms with van der Waals surface area (Å²) in [6.45, 7) is 1.48. The van der Waals surface area contributed by atoms with E-state index < -0.39 is 19.7 Å². The first-order valence-corrected chi connectivity index (χ1v) is 7.85. The first-order valence-electron chi connectivity index (χ1n) is 4.31. The summed E-state index contributed by atoms with van der Waals surface area (Å²) in [4.78, 5) is -0.248. The van der Waals surface area contributed by atoms with Gasteiger partial charge in [-0.2, -0.15) is 0 Å². The third-order valence-corrected chi connectivity index (χ3v) is 5.03. The molecule has 0 aromatic heterocycles. The number of benzene rings is 1. The summed E-state index contributed by atoms with van der Waals surface area (Å²) in [5, 5.41) is 0. The Kier molecular flexibility index (Phi) is 3.20. The zero-order valence-corrected chi connectivity index (χ0v) is 10.1. The Bertz CT molecular complexity index is 556. The zero-order valence-electron chi connectivity index (χ0n) is 8.47. The number of hydrogen-bond donors (Lipinski definition) is 0. The van der Waals surface area contributed by atoms with Crippen LogP contribution in [-0.4, -0.2) is 28.8 Å². The number of rotatable bonds is 3. The van der Waals surface area contributed by atoms with E-state index in [1.165, 1.54) is 31.2 Å². The fourth-order valence-electron chi connectivity index (χ4n) is 1.17. The van der Waals surface area contributed by atoms with Crippen molar-refractivity contribution in [1.82, 2.24) is 0 Å². The molecular weight excluding hydrogens is 236 g/mol. The highest BCUT2D eigenvalue weighted by molar-refractivity contribution is 7.94. The van der Waals surface area contributed by atoms with Crippen LogP contribution in [0.25, 0.3) is 0 Å². The SMILES string of the molecule is CCS(=O)(=O)c1ccccc1S(C)(=O)=O. The molecule has 0 atom stereocenters. The molecule has 6 heteroatoms. The standard InChI is InChI=1S/C9H12O4S2/c1-3-15(12,13)9-7-5-4-6-8(9)14(2,10)11/h4-7H,3H2,1-2H3. The Balaban J connectivity index is 3.59. The Morgan fingerprint density at radius 3 is 1.87 bits per heavy atom. The van der Waals surface area contributed by atoms with Crippen LogP contribution in [0.1, 0.15) is 6.92 Å². The van der Waals surface area contributed by atoms with E-state index in [1.54, 1.807) is 0 Å². The van der Waals surface area contributed by atoms with Gasteiger partial charge in [0.15, 0.2) is 19.7 Å². The lowest BCUT2D eigenvalue weighted by molar-refractivity contribution is 0.586. The van der Waals surface area contributed by atoms with Gasteiger partial charge in [0.25, 0.3) is 0 Å². The zero-order chi connectivity index (χ0) is 11.7. The van der Waals surface area contributed by atoms with Gasteiger partial charge in [-0.05, 0) is 12.1 Å². The van der Waals surface area contributed by atoms with Crippen LogP contribution in [0.15, 0.2) is 34.1 Å². The van der Waals surface area contributed by atoms with Gasteiger partial charge in [0.2, 0.25) is 0 Å². The Labute approximate surface area is 89.8 Å². The summed E-state index contributed by atoms with van der Waals surface area (Å²) < 4.78 is 45.9. The highest BCUT2D eigenvalue weighted by Crippen LogP contribution is 2.21. The van der Waals surface area contributed by atoms with E-state index in [4.69, 9.17) is 0 Å². The molecule has 0 heterocycles. The fraction of sp³-hybridized carbons (Fsp3) is 0.333. The maximum atomic E-state index is 11.6. The first kappa shape index (κ1) is 12.2. The number of hydrogen-bond acceptors (Lipinski definition) is 4. The Morgan fingerprint density at radius 2 is 1.47 bits per heavy atom. The van der Waals surface area contributed by atoms with Gasteiger partial charge < -0.3 is 0 Å². The van der Waals surface area contributed by atoms with E-state index in [0.29, 0.717) is 0 Å². The Hall–Kier alpha value is -0.880. The normalized spacial score (nSPS) is 12.7. The van der Waals surface area contributed by atoms with Crippen molar-refractivity contribution in [2.24, 2.45) is 0 Å². The monoisotopic (exact) mass is 248 g/mol. The molecule has 0 saturated carbocycles. The van der Waals surface area contributed by atoms with Crippen LogP contribution in [0.5, 0.6) is 0 Å². The highest BCUT2D eigenvalue weighted by Gasteiger charge is 2.21. The molecule has 0 radical (unpaired) electrons. The lowest BCUT2D eigenvalue weighted by Crippen LogP contribution is -2.10. The van der Waals surface area contributed by atoms with Gasteiger partial charge in [-0.3, -0.25) is 0 Å². The minimum Gasteiger partial charge on any atom is -0.224 e. The van der Waals surface area contributed by atoms with Crippen LogP contribution in [-0.2, 0) is 19.7 Å². The third kappa shape index (κ3) is 2.57. The molecule has 0 aliphatic rings. The second kappa shape index (κ2) is 3.94. The maximum Gasteiger partial charge on any atom is 0.179 e. The molecule has 0 N–H and O–H groups in total. The Morgan fingerprint density at radius 1 is 1.00 bits per heavy atom. The molecule has 1 rings (SSSR count). The van der Waals surface area contributed by atoms with Crippen LogP contribution in [0.3, 0.4) is 0 Å². The average molecular weight is 248 g/mol. The summed E-state index contributed by atoms with van der Waals surface area (Å²) in [5.74, 6) is -0.112. The molecule has 1 aromatic rings. The quantitative estimate of drug-likeness (QED) is 0.796. The van der Waals surface area contributed by atoms with Gasteiger partial charge in [-0.15, -0.1) is 0 Å². The highest BCUT2D eigenvalue weighted by atomic mass is 32.2. The molecular formula is C9H12O4S2. The van der Waals surface area contributed by atoms with Gasteiger partial charge in [0.05, 0.1) is 15.5 Å². The molecule has 0 bridgehead atoms. The van der Waals surface area contributed by atoms with Gasteiger partial charge in [-0.1, -0.05) is 19.1 Å². The molecule has 0 saturated heterocycles. The molecule has 0 fully saturated rings. The second-order valence-electron chi connectivity index (χ2n) is 3.12. The maximum absolute atomic E-state index is 11.6. The van der Waals surface area contributed by atoms with Crippen LogP contribution in [0, 0.1) is 0 Å². The van der Waals surface area contributed by atoms with E-state index >= 15 is 0 Å². The first-order chi connectivity index (χ1) is 6.79. The molecule has 0 aliphatic carbocycles. The largest absolute Gasteiger partial charge is 0.224 e. The second-order valence-corrected chi connectivity index (χ2v) is 7.35. The summed E-state index contributed by atoms with van der Waals surface area (Å²) in [6.07, 6.45) is 0.997. The lowest BCUT2D eigenvalue weighted by Gasteiger charge is -2.06. The van der Waals surface area contributed by atoms with Gasteiger partial charge in [0.1, 0.15) is 0 Å². The minimum atomic E-state index is -3.51. The average Bonchev–Trinajstić information content (AvgIpc) is 2.16. The number of sulfone groups is 2. The molecule has 1 aromatic carbocycles. The van der Waals surface area contributed by atoms with E-state index in [-0.39, 0.29) is 15.5 Å². The van der Waals surface area contributed by atoms with Crippen LogP contribution in [0.2, 0.25) is 0 Å². The van der Waals surface area contributed by atoms with E-state index in [2.05, 4.69) is 0 Å². The van der Waals surface area contributed by atoms with Crippen molar-refractivity contribution < 1.29 is 16.8 Å². The van der Waals surface area contributed by atoms with Gasteiger partial charge in [-0.25, -0.2) is 16.8 Å².